The lowest BCUT2D eigenvalue weighted by Gasteiger charge is -2.11. The molecule has 1 saturated carbocycles. The standard InChI is InChI=1S/C16H17F3N4O4S/c17-16(18,19)28(26,27)13-5-6-14(15(9-13)23(24)25)20-10-11-7-8-22(21-11)12-3-1-2-4-12/h5-9,12,20H,1-4,10H2. The van der Waals surface area contributed by atoms with Crippen molar-refractivity contribution in [2.45, 2.75) is 48.7 Å². The highest BCUT2D eigenvalue weighted by Crippen LogP contribution is 2.35. The Morgan fingerprint density at radius 3 is 2.54 bits per heavy atom. The van der Waals surface area contributed by atoms with Crippen LogP contribution in [0.1, 0.15) is 37.4 Å². The van der Waals surface area contributed by atoms with Gasteiger partial charge in [-0.3, -0.25) is 14.8 Å². The second-order valence-electron chi connectivity index (χ2n) is 6.46. The van der Waals surface area contributed by atoms with E-state index in [1.165, 1.54) is 0 Å². The zero-order valence-corrected chi connectivity index (χ0v) is 15.3. The van der Waals surface area contributed by atoms with Crippen LogP contribution in [0.3, 0.4) is 0 Å². The Kier molecular flexibility index (Phi) is 5.33. The predicted molar refractivity (Wildman–Crippen MR) is 93.4 cm³/mol. The van der Waals surface area contributed by atoms with Gasteiger partial charge in [0.15, 0.2) is 0 Å². The molecule has 0 saturated heterocycles. The number of nitrogens with one attached hydrogen (secondary N) is 1. The van der Waals surface area contributed by atoms with Crippen molar-refractivity contribution in [1.82, 2.24) is 9.78 Å². The molecule has 28 heavy (non-hydrogen) atoms. The van der Waals surface area contributed by atoms with Gasteiger partial charge in [-0.1, -0.05) is 12.8 Å². The van der Waals surface area contributed by atoms with Crippen LogP contribution < -0.4 is 5.32 Å². The zero-order chi connectivity index (χ0) is 20.5. The molecule has 1 aromatic carbocycles. The van der Waals surface area contributed by atoms with Crippen molar-refractivity contribution in [3.05, 3.63) is 46.3 Å². The summed E-state index contributed by atoms with van der Waals surface area (Å²) < 4.78 is 62.8. The number of alkyl halides is 3. The van der Waals surface area contributed by atoms with Crippen molar-refractivity contribution >= 4 is 21.2 Å². The second kappa shape index (κ2) is 7.41. The van der Waals surface area contributed by atoms with E-state index in [1.807, 2.05) is 10.9 Å². The number of hydrogen-bond acceptors (Lipinski definition) is 6. The fourth-order valence-corrected chi connectivity index (χ4v) is 3.92. The smallest absolute Gasteiger partial charge is 0.374 e. The lowest BCUT2D eigenvalue weighted by atomic mass is 10.2. The molecule has 3 rings (SSSR count). The Balaban J connectivity index is 1.79. The van der Waals surface area contributed by atoms with Crippen LogP contribution in [0.4, 0.5) is 24.5 Å². The van der Waals surface area contributed by atoms with Crippen LogP contribution >= 0.6 is 0 Å². The number of hydrogen-bond donors (Lipinski definition) is 1. The summed E-state index contributed by atoms with van der Waals surface area (Å²) in [4.78, 5) is 9.10. The SMILES string of the molecule is O=[N+]([O-])c1cc(S(=O)(=O)C(F)(F)F)ccc1NCc1ccn(C2CCCC2)n1. The molecule has 12 heteroatoms. The molecule has 8 nitrogen and oxygen atoms in total. The third-order valence-electron chi connectivity index (χ3n) is 4.60. The summed E-state index contributed by atoms with van der Waals surface area (Å²) in [7, 11) is -5.67. The van der Waals surface area contributed by atoms with Crippen molar-refractivity contribution in [2.24, 2.45) is 0 Å². The molecule has 0 radical (unpaired) electrons. The summed E-state index contributed by atoms with van der Waals surface area (Å²) in [5.74, 6) is 0. The molecule has 1 aromatic heterocycles. The van der Waals surface area contributed by atoms with E-state index in [0.29, 0.717) is 23.9 Å². The number of halogens is 3. The van der Waals surface area contributed by atoms with E-state index in [9.17, 15) is 31.7 Å². The first-order valence-electron chi connectivity index (χ1n) is 8.47. The van der Waals surface area contributed by atoms with Crippen molar-refractivity contribution < 1.29 is 26.5 Å². The number of anilines is 1. The van der Waals surface area contributed by atoms with Crippen LogP contribution in [0.2, 0.25) is 0 Å². The lowest BCUT2D eigenvalue weighted by molar-refractivity contribution is -0.384. The van der Waals surface area contributed by atoms with E-state index in [-0.39, 0.29) is 12.2 Å². The Labute approximate surface area is 158 Å². The van der Waals surface area contributed by atoms with E-state index in [4.69, 9.17) is 0 Å². The van der Waals surface area contributed by atoms with Crippen LogP contribution in [0, 0.1) is 10.1 Å². The van der Waals surface area contributed by atoms with Gasteiger partial charge < -0.3 is 5.32 Å². The van der Waals surface area contributed by atoms with Gasteiger partial charge in [-0.05, 0) is 31.0 Å². The molecule has 0 bridgehead atoms. The van der Waals surface area contributed by atoms with Gasteiger partial charge in [-0.15, -0.1) is 0 Å². The summed E-state index contributed by atoms with van der Waals surface area (Å²) in [6, 6.07) is 4.12. The summed E-state index contributed by atoms with van der Waals surface area (Å²) >= 11 is 0. The average Bonchev–Trinajstić information content (AvgIpc) is 3.30. The number of nitrogens with zero attached hydrogens (tertiary/aromatic N) is 3. The molecule has 1 N–H and O–H groups in total. The van der Waals surface area contributed by atoms with Crippen molar-refractivity contribution in [1.29, 1.82) is 0 Å². The third-order valence-corrected chi connectivity index (χ3v) is 6.09. The van der Waals surface area contributed by atoms with E-state index < -0.39 is 30.9 Å². The van der Waals surface area contributed by atoms with Gasteiger partial charge in [0.05, 0.1) is 28.1 Å². The Morgan fingerprint density at radius 1 is 1.25 bits per heavy atom. The molecule has 0 aliphatic heterocycles. The second-order valence-corrected chi connectivity index (χ2v) is 8.41. The molecule has 2 aromatic rings. The Hall–Kier alpha value is -2.63. The molecular weight excluding hydrogens is 401 g/mol. The minimum Gasteiger partial charge on any atom is -0.374 e. The molecule has 0 spiro atoms. The number of sulfone groups is 1. The maximum Gasteiger partial charge on any atom is 0.501 e. The summed E-state index contributed by atoms with van der Waals surface area (Å²) in [6.45, 7) is 0.103. The largest absolute Gasteiger partial charge is 0.501 e. The Bertz CT molecular complexity index is 982. The van der Waals surface area contributed by atoms with Crippen molar-refractivity contribution in [3.8, 4) is 0 Å². The van der Waals surface area contributed by atoms with Crippen LogP contribution in [0.5, 0.6) is 0 Å². The normalized spacial score (nSPS) is 15.7. The molecule has 1 heterocycles. The molecule has 0 atom stereocenters. The predicted octanol–water partition coefficient (Wildman–Crippen LogP) is 3.81. The van der Waals surface area contributed by atoms with Crippen molar-refractivity contribution in [2.75, 3.05) is 5.32 Å². The van der Waals surface area contributed by atoms with Gasteiger partial charge in [0.25, 0.3) is 15.5 Å². The maximum absolute atomic E-state index is 12.7. The highest BCUT2D eigenvalue weighted by atomic mass is 32.2. The number of nitro groups is 1. The monoisotopic (exact) mass is 418 g/mol. The van der Waals surface area contributed by atoms with Gasteiger partial charge in [0.2, 0.25) is 0 Å². The number of nitro benzene ring substituents is 1. The van der Waals surface area contributed by atoms with Crippen LogP contribution in [-0.2, 0) is 16.4 Å². The zero-order valence-electron chi connectivity index (χ0n) is 14.5. The molecule has 1 aliphatic rings. The topological polar surface area (TPSA) is 107 Å². The average molecular weight is 418 g/mol. The van der Waals surface area contributed by atoms with E-state index in [1.54, 1.807) is 6.07 Å². The molecule has 0 unspecified atom stereocenters. The number of aromatic nitrogens is 2. The molecule has 152 valence electrons. The van der Waals surface area contributed by atoms with Crippen LogP contribution in [-0.4, -0.2) is 28.6 Å². The molecule has 0 amide bonds. The van der Waals surface area contributed by atoms with E-state index in [2.05, 4.69) is 10.4 Å². The molecular formula is C16H17F3N4O4S. The quantitative estimate of drug-likeness (QED) is 0.565. The van der Waals surface area contributed by atoms with Gasteiger partial charge in [-0.25, -0.2) is 8.42 Å². The van der Waals surface area contributed by atoms with Gasteiger partial charge >= 0.3 is 5.51 Å². The van der Waals surface area contributed by atoms with E-state index in [0.717, 1.165) is 31.7 Å². The third kappa shape index (κ3) is 3.96. The number of rotatable bonds is 6. The fourth-order valence-electron chi connectivity index (χ4n) is 3.14. The Morgan fingerprint density at radius 2 is 1.93 bits per heavy atom. The van der Waals surface area contributed by atoms with Crippen molar-refractivity contribution in [3.63, 3.8) is 0 Å². The number of benzene rings is 1. The van der Waals surface area contributed by atoms with Crippen LogP contribution in [0.15, 0.2) is 35.4 Å². The van der Waals surface area contributed by atoms with E-state index >= 15 is 0 Å². The first kappa shape index (κ1) is 20.1. The fraction of sp³-hybridized carbons (Fsp3) is 0.438. The first-order valence-corrected chi connectivity index (χ1v) is 9.95. The minimum absolute atomic E-state index is 0.0958. The minimum atomic E-state index is -5.67. The summed E-state index contributed by atoms with van der Waals surface area (Å²) in [6.07, 6.45) is 6.17. The van der Waals surface area contributed by atoms with Gasteiger partial charge in [0.1, 0.15) is 5.69 Å². The first-order chi connectivity index (χ1) is 13.1. The summed E-state index contributed by atoms with van der Waals surface area (Å²) in [5.41, 5.74) is -5.79. The summed E-state index contributed by atoms with van der Waals surface area (Å²) in [5, 5.41) is 18.4. The molecule has 1 fully saturated rings. The molecule has 1 aliphatic carbocycles. The van der Waals surface area contributed by atoms with Gasteiger partial charge in [-0.2, -0.15) is 18.3 Å². The maximum atomic E-state index is 12.7. The van der Waals surface area contributed by atoms with Crippen LogP contribution in [0.25, 0.3) is 0 Å². The van der Waals surface area contributed by atoms with Gasteiger partial charge in [0, 0.05) is 12.3 Å². The highest BCUT2D eigenvalue weighted by molar-refractivity contribution is 7.92. The lowest BCUT2D eigenvalue weighted by Crippen LogP contribution is -2.23. The highest BCUT2D eigenvalue weighted by Gasteiger charge is 2.47.